The van der Waals surface area contributed by atoms with Gasteiger partial charge in [-0.25, -0.2) is 0 Å². The van der Waals surface area contributed by atoms with Crippen molar-refractivity contribution in [2.45, 2.75) is 56.7 Å². The second kappa shape index (κ2) is 10.9. The SMILES string of the molecule is O=C(NCCSC1CCCCC1)C1CCN(Cc2c(Cl)cccc2Cl)CC1. The van der Waals surface area contributed by atoms with Gasteiger partial charge in [-0.1, -0.05) is 48.5 Å². The predicted molar refractivity (Wildman–Crippen MR) is 117 cm³/mol. The van der Waals surface area contributed by atoms with Crippen molar-refractivity contribution >= 4 is 40.9 Å². The van der Waals surface area contributed by atoms with Crippen molar-refractivity contribution in [1.82, 2.24) is 10.2 Å². The molecule has 2 fully saturated rings. The number of nitrogens with one attached hydrogen (secondary N) is 1. The molecule has 3 rings (SSSR count). The van der Waals surface area contributed by atoms with Crippen LogP contribution in [0.5, 0.6) is 0 Å². The molecule has 0 atom stereocenters. The third kappa shape index (κ3) is 6.56. The Labute approximate surface area is 177 Å². The number of likely N-dealkylation sites (tertiary alicyclic amines) is 1. The number of carbonyl (C=O) groups excluding carboxylic acids is 1. The zero-order valence-corrected chi connectivity index (χ0v) is 18.2. The summed E-state index contributed by atoms with van der Waals surface area (Å²) in [5.74, 6) is 1.41. The van der Waals surface area contributed by atoms with Gasteiger partial charge in [-0.2, -0.15) is 11.8 Å². The van der Waals surface area contributed by atoms with Gasteiger partial charge >= 0.3 is 0 Å². The molecule has 1 saturated carbocycles. The third-order valence-electron chi connectivity index (χ3n) is 5.71. The first kappa shape index (κ1) is 21.3. The predicted octanol–water partition coefficient (Wildman–Crippen LogP) is 5.39. The number of hydrogen-bond acceptors (Lipinski definition) is 3. The molecule has 150 valence electrons. The summed E-state index contributed by atoms with van der Waals surface area (Å²) in [6.45, 7) is 3.38. The van der Waals surface area contributed by atoms with E-state index in [0.717, 1.165) is 65.6 Å². The zero-order chi connectivity index (χ0) is 19.1. The molecule has 1 heterocycles. The average Bonchev–Trinajstić information content (AvgIpc) is 2.69. The Bertz CT molecular complexity index is 594. The largest absolute Gasteiger partial charge is 0.355 e. The fourth-order valence-corrected chi connectivity index (χ4v) is 5.77. The third-order valence-corrected chi connectivity index (χ3v) is 7.80. The summed E-state index contributed by atoms with van der Waals surface area (Å²) in [5, 5.41) is 5.41. The summed E-state index contributed by atoms with van der Waals surface area (Å²) in [4.78, 5) is 14.8. The molecule has 1 aromatic rings. The highest BCUT2D eigenvalue weighted by Crippen LogP contribution is 2.29. The number of amides is 1. The van der Waals surface area contributed by atoms with Gasteiger partial charge in [0.15, 0.2) is 0 Å². The fourth-order valence-electron chi connectivity index (χ4n) is 4.04. The van der Waals surface area contributed by atoms with Crippen LogP contribution >= 0.6 is 35.0 Å². The molecule has 1 aliphatic carbocycles. The lowest BCUT2D eigenvalue weighted by Gasteiger charge is -2.31. The molecule has 1 aromatic carbocycles. The molecule has 0 unspecified atom stereocenters. The molecule has 3 nitrogen and oxygen atoms in total. The number of nitrogens with zero attached hydrogens (tertiary/aromatic N) is 1. The molecule has 1 aliphatic heterocycles. The number of carbonyl (C=O) groups is 1. The Hall–Kier alpha value is -0.420. The summed E-state index contributed by atoms with van der Waals surface area (Å²) in [6, 6.07) is 5.64. The highest BCUT2D eigenvalue weighted by atomic mass is 35.5. The maximum atomic E-state index is 12.4. The minimum absolute atomic E-state index is 0.141. The first-order valence-electron chi connectivity index (χ1n) is 10.2. The molecular formula is C21H30Cl2N2OS. The molecule has 2 aliphatic rings. The van der Waals surface area contributed by atoms with Crippen LogP contribution < -0.4 is 5.32 Å². The Kier molecular flexibility index (Phi) is 8.63. The number of thioether (sulfide) groups is 1. The van der Waals surface area contributed by atoms with E-state index >= 15 is 0 Å². The van der Waals surface area contributed by atoms with Crippen LogP contribution in [0.15, 0.2) is 18.2 Å². The lowest BCUT2D eigenvalue weighted by molar-refractivity contribution is -0.126. The smallest absolute Gasteiger partial charge is 0.223 e. The van der Waals surface area contributed by atoms with Crippen LogP contribution in [0.25, 0.3) is 0 Å². The molecule has 1 amide bonds. The van der Waals surface area contributed by atoms with Crippen LogP contribution in [0.4, 0.5) is 0 Å². The van der Waals surface area contributed by atoms with E-state index < -0.39 is 0 Å². The maximum Gasteiger partial charge on any atom is 0.223 e. The van der Waals surface area contributed by atoms with Crippen molar-refractivity contribution < 1.29 is 4.79 Å². The van der Waals surface area contributed by atoms with Crippen LogP contribution in [0, 0.1) is 5.92 Å². The van der Waals surface area contributed by atoms with Gasteiger partial charge in [-0.05, 0) is 50.9 Å². The molecule has 27 heavy (non-hydrogen) atoms. The van der Waals surface area contributed by atoms with Gasteiger partial charge in [0, 0.05) is 45.6 Å². The minimum atomic E-state index is 0.141. The van der Waals surface area contributed by atoms with E-state index in [-0.39, 0.29) is 11.8 Å². The van der Waals surface area contributed by atoms with Crippen LogP contribution in [-0.4, -0.2) is 41.4 Å². The van der Waals surface area contributed by atoms with E-state index in [1.165, 1.54) is 32.1 Å². The maximum absolute atomic E-state index is 12.4. The fraction of sp³-hybridized carbons (Fsp3) is 0.667. The van der Waals surface area contributed by atoms with Crippen LogP contribution in [0.3, 0.4) is 0 Å². The Morgan fingerprint density at radius 1 is 1.07 bits per heavy atom. The number of benzene rings is 1. The summed E-state index contributed by atoms with van der Waals surface area (Å²) < 4.78 is 0. The first-order valence-corrected chi connectivity index (χ1v) is 12.0. The molecule has 1 N–H and O–H groups in total. The lowest BCUT2D eigenvalue weighted by atomic mass is 9.95. The molecule has 6 heteroatoms. The van der Waals surface area contributed by atoms with Gasteiger partial charge < -0.3 is 5.32 Å². The van der Waals surface area contributed by atoms with Crippen molar-refractivity contribution in [3.05, 3.63) is 33.8 Å². The van der Waals surface area contributed by atoms with E-state index in [0.29, 0.717) is 0 Å². The highest BCUT2D eigenvalue weighted by molar-refractivity contribution is 7.99. The van der Waals surface area contributed by atoms with Gasteiger partial charge in [-0.3, -0.25) is 9.69 Å². The quantitative estimate of drug-likeness (QED) is 0.590. The molecule has 1 saturated heterocycles. The number of halogens is 2. The number of hydrogen-bond donors (Lipinski definition) is 1. The molecule has 0 spiro atoms. The Morgan fingerprint density at radius 3 is 2.41 bits per heavy atom. The highest BCUT2D eigenvalue weighted by Gasteiger charge is 2.25. The molecule has 0 radical (unpaired) electrons. The summed E-state index contributed by atoms with van der Waals surface area (Å²) in [6.07, 6.45) is 8.67. The first-order chi connectivity index (χ1) is 13.1. The summed E-state index contributed by atoms with van der Waals surface area (Å²) in [7, 11) is 0. The lowest BCUT2D eigenvalue weighted by Crippen LogP contribution is -2.40. The van der Waals surface area contributed by atoms with Crippen molar-refractivity contribution in [3.8, 4) is 0 Å². The van der Waals surface area contributed by atoms with Crippen molar-refractivity contribution in [1.29, 1.82) is 0 Å². The van der Waals surface area contributed by atoms with Gasteiger partial charge in [0.25, 0.3) is 0 Å². The normalized spacial score (nSPS) is 19.9. The molecule has 0 bridgehead atoms. The van der Waals surface area contributed by atoms with E-state index in [1.807, 2.05) is 30.0 Å². The second-order valence-electron chi connectivity index (χ2n) is 7.67. The van der Waals surface area contributed by atoms with E-state index in [4.69, 9.17) is 23.2 Å². The molecule has 0 aromatic heterocycles. The zero-order valence-electron chi connectivity index (χ0n) is 15.9. The molecular weight excluding hydrogens is 399 g/mol. The van der Waals surface area contributed by atoms with Gasteiger partial charge in [0.2, 0.25) is 5.91 Å². The van der Waals surface area contributed by atoms with Gasteiger partial charge in [-0.15, -0.1) is 0 Å². The van der Waals surface area contributed by atoms with Crippen molar-refractivity contribution in [2.75, 3.05) is 25.4 Å². The van der Waals surface area contributed by atoms with Gasteiger partial charge in [0.1, 0.15) is 0 Å². The Morgan fingerprint density at radius 2 is 1.74 bits per heavy atom. The van der Waals surface area contributed by atoms with Crippen LogP contribution in [0.1, 0.15) is 50.5 Å². The standard InChI is InChI=1S/C21H30Cl2N2OS/c22-19-7-4-8-20(23)18(19)15-25-12-9-16(10-13-25)21(26)24-11-14-27-17-5-2-1-3-6-17/h4,7-8,16-17H,1-3,5-6,9-15H2,(H,24,26). The van der Waals surface area contributed by atoms with Crippen LogP contribution in [0.2, 0.25) is 10.0 Å². The number of rotatable bonds is 7. The minimum Gasteiger partial charge on any atom is -0.355 e. The van der Waals surface area contributed by atoms with E-state index in [9.17, 15) is 4.79 Å². The number of piperidine rings is 1. The van der Waals surface area contributed by atoms with Gasteiger partial charge in [0.05, 0.1) is 0 Å². The van der Waals surface area contributed by atoms with Crippen LogP contribution in [-0.2, 0) is 11.3 Å². The summed E-state index contributed by atoms with van der Waals surface area (Å²) in [5.41, 5.74) is 0.989. The van der Waals surface area contributed by atoms with Crippen molar-refractivity contribution in [2.24, 2.45) is 5.92 Å². The van der Waals surface area contributed by atoms with Crippen molar-refractivity contribution in [3.63, 3.8) is 0 Å². The van der Waals surface area contributed by atoms with E-state index in [2.05, 4.69) is 10.2 Å². The van der Waals surface area contributed by atoms with E-state index in [1.54, 1.807) is 0 Å². The monoisotopic (exact) mass is 428 g/mol. The topological polar surface area (TPSA) is 32.3 Å². The Balaban J connectivity index is 1.34. The second-order valence-corrected chi connectivity index (χ2v) is 9.90. The average molecular weight is 429 g/mol. The summed E-state index contributed by atoms with van der Waals surface area (Å²) >= 11 is 14.6.